The predicted octanol–water partition coefficient (Wildman–Crippen LogP) is 4.19. The van der Waals surface area contributed by atoms with Crippen molar-refractivity contribution in [1.82, 2.24) is 19.5 Å². The first-order chi connectivity index (χ1) is 15.1. The summed E-state index contributed by atoms with van der Waals surface area (Å²) in [6.45, 7) is 0. The SMILES string of the molecule is N[C-]=C(/C=C\[CH]=[Ni])c1nc2ccc(-c3ccc(F)cn3)nc2n1-c1ccc(CCl)cc1.[OH-]. The van der Waals surface area contributed by atoms with E-state index in [1.807, 2.05) is 34.9 Å². The summed E-state index contributed by atoms with van der Waals surface area (Å²) in [4.78, 5) is 15.1. The standard InChI is InChI=1S/C23H16ClFN5.Ni.H2O/c1-2-3-16(13-26)22-29-21-11-10-20(19-9-6-17(25)14-27-19)28-23(21)30(22)18-7-4-15(12-24)5-8-18;;/h1-11,14H,12,26H2;;1H2/q-1;;/p-1/b3-2-;;. The van der Waals surface area contributed by atoms with Gasteiger partial charge in [0.1, 0.15) is 5.82 Å². The second kappa shape index (κ2) is 10.4. The summed E-state index contributed by atoms with van der Waals surface area (Å²) >= 11 is 10.5. The molecule has 0 unspecified atom stereocenters. The fourth-order valence-electron chi connectivity index (χ4n) is 3.10. The van der Waals surface area contributed by atoms with E-state index in [0.29, 0.717) is 39.8 Å². The molecular formula is C23H17ClFN5NiO-2. The molecule has 3 aromatic heterocycles. The van der Waals surface area contributed by atoms with E-state index in [9.17, 15) is 4.39 Å². The summed E-state index contributed by atoms with van der Waals surface area (Å²) in [7, 11) is 0. The molecule has 32 heavy (non-hydrogen) atoms. The number of halogens is 2. The van der Waals surface area contributed by atoms with Crippen molar-refractivity contribution in [3.8, 4) is 17.1 Å². The van der Waals surface area contributed by atoms with E-state index in [-0.39, 0.29) is 5.48 Å². The Morgan fingerprint density at radius 1 is 1.09 bits per heavy atom. The minimum absolute atomic E-state index is 0. The summed E-state index contributed by atoms with van der Waals surface area (Å²) in [5.41, 5.74) is 10.6. The number of imidazole rings is 1. The molecule has 0 saturated carbocycles. The third kappa shape index (κ3) is 4.68. The van der Waals surface area contributed by atoms with Gasteiger partial charge in [-0.15, -0.1) is 0 Å². The summed E-state index contributed by atoms with van der Waals surface area (Å²) in [5.74, 6) is 0.568. The average Bonchev–Trinajstić information content (AvgIpc) is 3.18. The number of aromatic nitrogens is 4. The van der Waals surface area contributed by atoms with Gasteiger partial charge in [-0.2, -0.15) is 0 Å². The van der Waals surface area contributed by atoms with Crippen LogP contribution in [0.1, 0.15) is 11.4 Å². The van der Waals surface area contributed by atoms with Gasteiger partial charge < -0.3 is 5.48 Å². The molecule has 4 aromatic rings. The molecule has 0 bridgehead atoms. The van der Waals surface area contributed by atoms with Crippen LogP contribution in [0.3, 0.4) is 0 Å². The Labute approximate surface area is 196 Å². The van der Waals surface area contributed by atoms with Crippen LogP contribution in [0.25, 0.3) is 33.8 Å². The van der Waals surface area contributed by atoms with Gasteiger partial charge in [-0.05, 0) is 0 Å². The smallest absolute Gasteiger partial charge is 0.870 e. The van der Waals surface area contributed by atoms with Crippen LogP contribution >= 0.6 is 11.6 Å². The second-order valence-corrected chi connectivity index (χ2v) is 7.09. The van der Waals surface area contributed by atoms with Crippen LogP contribution in [-0.4, -0.2) is 30.0 Å². The molecule has 3 heterocycles. The van der Waals surface area contributed by atoms with E-state index in [1.54, 1.807) is 24.3 Å². The number of allylic oxidation sites excluding steroid dienone is 3. The van der Waals surface area contributed by atoms with Crippen LogP contribution in [0.2, 0.25) is 0 Å². The molecule has 4 rings (SSSR count). The van der Waals surface area contributed by atoms with E-state index >= 15 is 0 Å². The van der Waals surface area contributed by atoms with Crippen LogP contribution in [0.5, 0.6) is 0 Å². The Morgan fingerprint density at radius 3 is 2.47 bits per heavy atom. The van der Waals surface area contributed by atoms with Gasteiger partial charge in [0.05, 0.1) is 0 Å². The largest absolute Gasteiger partial charge is 0.870 e. The molecule has 0 amide bonds. The summed E-state index contributed by atoms with van der Waals surface area (Å²) in [5, 5.41) is 0. The minimum Gasteiger partial charge on any atom is -0.870 e. The monoisotopic (exact) mass is 491 g/mol. The van der Waals surface area contributed by atoms with Crippen molar-refractivity contribution in [2.75, 3.05) is 0 Å². The van der Waals surface area contributed by atoms with Crippen molar-refractivity contribution in [2.24, 2.45) is 5.73 Å². The molecule has 0 radical (unpaired) electrons. The van der Waals surface area contributed by atoms with Crippen molar-refractivity contribution < 1.29 is 24.9 Å². The molecule has 9 heteroatoms. The fourth-order valence-corrected chi connectivity index (χ4v) is 3.37. The van der Waals surface area contributed by atoms with Gasteiger partial charge in [-0.1, -0.05) is 0 Å². The molecule has 6 nitrogen and oxygen atoms in total. The van der Waals surface area contributed by atoms with Crippen molar-refractivity contribution in [3.63, 3.8) is 0 Å². The molecule has 0 aliphatic carbocycles. The van der Waals surface area contributed by atoms with E-state index < -0.39 is 5.82 Å². The maximum atomic E-state index is 13.3. The number of benzene rings is 1. The number of hydrogen-bond acceptors (Lipinski definition) is 5. The first-order valence-electron chi connectivity index (χ1n) is 9.21. The zero-order valence-electron chi connectivity index (χ0n) is 16.5. The Kier molecular flexibility index (Phi) is 7.64. The number of nitrogens with zero attached hydrogens (tertiary/aromatic N) is 4. The van der Waals surface area contributed by atoms with Crippen LogP contribution < -0.4 is 5.73 Å². The average molecular weight is 493 g/mol. The molecule has 0 atom stereocenters. The van der Waals surface area contributed by atoms with Gasteiger partial charge in [0.2, 0.25) is 0 Å². The molecule has 0 aliphatic rings. The van der Waals surface area contributed by atoms with Gasteiger partial charge in [0, 0.05) is 0 Å². The van der Waals surface area contributed by atoms with Gasteiger partial charge in [-0.25, -0.2) is 4.39 Å². The molecule has 1 aromatic carbocycles. The first-order valence-corrected chi connectivity index (χ1v) is 10.3. The summed E-state index contributed by atoms with van der Waals surface area (Å²) in [6.07, 6.45) is 7.30. The van der Waals surface area contributed by atoms with Gasteiger partial charge in [0.25, 0.3) is 0 Å². The number of rotatable bonds is 6. The zero-order valence-corrected chi connectivity index (χ0v) is 18.3. The molecular weight excluding hydrogens is 475 g/mol. The Hall–Kier alpha value is -3.19. The normalized spacial score (nSPS) is 11.7. The number of alkyl halides is 1. The summed E-state index contributed by atoms with van der Waals surface area (Å²) in [6, 6.07) is 14.3. The topological polar surface area (TPSA) is 99.6 Å². The minimum atomic E-state index is -0.406. The Bertz CT molecular complexity index is 1300. The van der Waals surface area contributed by atoms with Crippen molar-refractivity contribution >= 4 is 33.3 Å². The Balaban J connectivity index is 0.00000289. The predicted molar refractivity (Wildman–Crippen MR) is 120 cm³/mol. The fraction of sp³-hybridized carbons (Fsp3) is 0.0435. The molecule has 0 spiro atoms. The maximum Gasteiger partial charge on any atom is -0.870 e. The van der Waals surface area contributed by atoms with Gasteiger partial charge >= 0.3 is 181 Å². The van der Waals surface area contributed by atoms with Crippen LogP contribution in [0, 0.1) is 12.0 Å². The quantitative estimate of drug-likeness (QED) is 0.143. The first kappa shape index (κ1) is 23.5. The van der Waals surface area contributed by atoms with Crippen molar-refractivity contribution in [3.05, 3.63) is 90.3 Å². The van der Waals surface area contributed by atoms with E-state index in [0.717, 1.165) is 17.4 Å². The number of hydrogen-bond donors (Lipinski definition) is 1. The van der Waals surface area contributed by atoms with E-state index in [1.165, 1.54) is 11.1 Å². The maximum absolute atomic E-state index is 13.3. The number of pyridine rings is 2. The zero-order chi connectivity index (χ0) is 21.8. The van der Waals surface area contributed by atoms with Crippen LogP contribution in [-0.2, 0) is 20.9 Å². The summed E-state index contributed by atoms with van der Waals surface area (Å²) < 4.78 is 15.2. The molecule has 166 valence electrons. The van der Waals surface area contributed by atoms with Crippen molar-refractivity contribution in [1.29, 1.82) is 0 Å². The second-order valence-electron chi connectivity index (χ2n) is 6.49. The molecule has 0 aliphatic heterocycles. The third-order valence-corrected chi connectivity index (χ3v) is 5.06. The van der Waals surface area contributed by atoms with E-state index in [2.05, 4.69) is 26.2 Å². The molecule has 3 N–H and O–H groups in total. The molecule has 0 saturated heterocycles. The van der Waals surface area contributed by atoms with E-state index in [4.69, 9.17) is 27.3 Å². The van der Waals surface area contributed by atoms with Gasteiger partial charge in [-0.3, -0.25) is 0 Å². The van der Waals surface area contributed by atoms with Crippen LogP contribution in [0.15, 0.2) is 66.9 Å². The van der Waals surface area contributed by atoms with Crippen LogP contribution in [0.4, 0.5) is 4.39 Å². The number of nitrogens with two attached hydrogens (primary N) is 1. The molecule has 0 fully saturated rings. The Morgan fingerprint density at radius 2 is 1.84 bits per heavy atom. The van der Waals surface area contributed by atoms with Gasteiger partial charge in [0.15, 0.2) is 0 Å². The number of fused-ring (bicyclic) bond motifs is 1. The third-order valence-electron chi connectivity index (χ3n) is 4.56. The van der Waals surface area contributed by atoms with Crippen molar-refractivity contribution in [2.45, 2.75) is 5.88 Å².